The number of hydrogen-bond donors (Lipinski definition) is 0. The van der Waals surface area contributed by atoms with Crippen LogP contribution in [0.3, 0.4) is 0 Å². The standard InChI is InChI=1S/C12H20N2O/c1-5-7-13-9-12(3,4)10-14(8-6-2)11(13)15/h5-6H,1-2,7-10H2,3-4H3. The highest BCUT2D eigenvalue weighted by Crippen LogP contribution is 2.25. The fourth-order valence-corrected chi connectivity index (χ4v) is 2.02. The molecule has 0 unspecified atom stereocenters. The van der Waals surface area contributed by atoms with Gasteiger partial charge in [-0.3, -0.25) is 0 Å². The lowest BCUT2D eigenvalue weighted by atomic mass is 9.90. The monoisotopic (exact) mass is 208 g/mol. The first-order valence-electron chi connectivity index (χ1n) is 5.26. The van der Waals surface area contributed by atoms with Gasteiger partial charge in [0.05, 0.1) is 0 Å². The molecule has 1 heterocycles. The highest BCUT2D eigenvalue weighted by Gasteiger charge is 2.35. The van der Waals surface area contributed by atoms with Gasteiger partial charge in [-0.2, -0.15) is 0 Å². The van der Waals surface area contributed by atoms with Gasteiger partial charge >= 0.3 is 6.03 Å². The van der Waals surface area contributed by atoms with E-state index in [4.69, 9.17) is 0 Å². The molecule has 3 heteroatoms. The maximum Gasteiger partial charge on any atom is 0.320 e. The summed E-state index contributed by atoms with van der Waals surface area (Å²) in [6, 6.07) is 0.0918. The minimum atomic E-state index is 0.0918. The summed E-state index contributed by atoms with van der Waals surface area (Å²) in [6.45, 7) is 14.5. The number of rotatable bonds is 4. The molecule has 2 amide bonds. The van der Waals surface area contributed by atoms with Gasteiger partial charge in [-0.05, 0) is 0 Å². The van der Waals surface area contributed by atoms with Crippen LogP contribution < -0.4 is 0 Å². The third kappa shape index (κ3) is 2.85. The Bertz CT molecular complexity index is 247. The van der Waals surface area contributed by atoms with E-state index in [0.29, 0.717) is 13.1 Å². The molecule has 0 radical (unpaired) electrons. The second-order valence-electron chi connectivity index (χ2n) is 4.79. The first kappa shape index (κ1) is 11.8. The molecule has 0 N–H and O–H groups in total. The van der Waals surface area contributed by atoms with Gasteiger partial charge in [0.25, 0.3) is 0 Å². The first-order valence-corrected chi connectivity index (χ1v) is 5.26. The molecular weight excluding hydrogens is 188 g/mol. The van der Waals surface area contributed by atoms with Crippen LogP contribution in [0.4, 0.5) is 4.79 Å². The van der Waals surface area contributed by atoms with E-state index in [-0.39, 0.29) is 11.4 Å². The van der Waals surface area contributed by atoms with Crippen molar-refractivity contribution in [3.8, 4) is 0 Å². The average molecular weight is 208 g/mol. The van der Waals surface area contributed by atoms with Gasteiger partial charge in [0, 0.05) is 31.6 Å². The van der Waals surface area contributed by atoms with Crippen molar-refractivity contribution in [1.29, 1.82) is 0 Å². The molecule has 3 nitrogen and oxygen atoms in total. The smallest absolute Gasteiger partial charge is 0.320 e. The van der Waals surface area contributed by atoms with E-state index in [2.05, 4.69) is 27.0 Å². The zero-order valence-electron chi connectivity index (χ0n) is 9.70. The van der Waals surface area contributed by atoms with Crippen LogP contribution >= 0.6 is 0 Å². The zero-order chi connectivity index (χ0) is 11.5. The molecule has 0 aromatic heterocycles. The summed E-state index contributed by atoms with van der Waals surface area (Å²) >= 11 is 0. The fraction of sp³-hybridized carbons (Fsp3) is 0.583. The van der Waals surface area contributed by atoms with Crippen molar-refractivity contribution < 1.29 is 4.79 Å². The highest BCUT2D eigenvalue weighted by molar-refractivity contribution is 5.75. The van der Waals surface area contributed by atoms with Crippen LogP contribution in [0.15, 0.2) is 25.3 Å². The molecular formula is C12H20N2O. The number of hydrogen-bond acceptors (Lipinski definition) is 1. The topological polar surface area (TPSA) is 23.6 Å². The lowest BCUT2D eigenvalue weighted by Gasteiger charge is -2.43. The summed E-state index contributed by atoms with van der Waals surface area (Å²) in [6.07, 6.45) is 3.54. The Morgan fingerprint density at radius 2 is 1.60 bits per heavy atom. The van der Waals surface area contributed by atoms with Crippen molar-refractivity contribution in [2.45, 2.75) is 13.8 Å². The van der Waals surface area contributed by atoms with Crippen molar-refractivity contribution in [3.63, 3.8) is 0 Å². The summed E-state index contributed by atoms with van der Waals surface area (Å²) in [4.78, 5) is 15.6. The van der Waals surface area contributed by atoms with Gasteiger partial charge in [-0.25, -0.2) is 4.79 Å². The average Bonchev–Trinajstić information content (AvgIpc) is 2.13. The van der Waals surface area contributed by atoms with E-state index in [1.165, 1.54) is 0 Å². The number of carbonyl (C=O) groups excluding carboxylic acids is 1. The Labute approximate surface area is 92.0 Å². The molecule has 1 rings (SSSR count). The zero-order valence-corrected chi connectivity index (χ0v) is 9.70. The van der Waals surface area contributed by atoms with Crippen molar-refractivity contribution in [3.05, 3.63) is 25.3 Å². The van der Waals surface area contributed by atoms with Crippen LogP contribution in [0.25, 0.3) is 0 Å². The van der Waals surface area contributed by atoms with E-state index < -0.39 is 0 Å². The molecule has 0 saturated carbocycles. The molecule has 1 saturated heterocycles. The van der Waals surface area contributed by atoms with Gasteiger partial charge in [-0.1, -0.05) is 26.0 Å². The van der Waals surface area contributed by atoms with Crippen molar-refractivity contribution >= 4 is 6.03 Å². The van der Waals surface area contributed by atoms with E-state index in [1.807, 2.05) is 9.80 Å². The fourth-order valence-electron chi connectivity index (χ4n) is 2.02. The molecule has 0 spiro atoms. The van der Waals surface area contributed by atoms with Gasteiger partial charge < -0.3 is 9.80 Å². The van der Waals surface area contributed by atoms with E-state index in [0.717, 1.165) is 13.1 Å². The Morgan fingerprint density at radius 3 is 1.93 bits per heavy atom. The largest absolute Gasteiger partial charge is 0.320 e. The van der Waals surface area contributed by atoms with Crippen molar-refractivity contribution in [2.24, 2.45) is 5.41 Å². The third-order valence-electron chi connectivity index (χ3n) is 2.48. The first-order chi connectivity index (χ1) is 7.00. The predicted molar refractivity (Wildman–Crippen MR) is 62.7 cm³/mol. The second kappa shape index (κ2) is 4.51. The quantitative estimate of drug-likeness (QED) is 0.649. The summed E-state index contributed by atoms with van der Waals surface area (Å²) in [5.74, 6) is 0. The van der Waals surface area contributed by atoms with E-state index in [9.17, 15) is 4.79 Å². The van der Waals surface area contributed by atoms with E-state index in [1.54, 1.807) is 12.2 Å². The van der Waals surface area contributed by atoms with Crippen LogP contribution in [-0.2, 0) is 0 Å². The van der Waals surface area contributed by atoms with Gasteiger partial charge in [-0.15, -0.1) is 13.2 Å². The molecule has 84 valence electrons. The second-order valence-corrected chi connectivity index (χ2v) is 4.79. The molecule has 0 aliphatic carbocycles. The molecule has 15 heavy (non-hydrogen) atoms. The highest BCUT2D eigenvalue weighted by atomic mass is 16.2. The maximum absolute atomic E-state index is 11.9. The molecule has 1 aliphatic rings. The molecule has 0 atom stereocenters. The Hall–Kier alpha value is -1.25. The number of amides is 2. The minimum absolute atomic E-state index is 0.0918. The summed E-state index contributed by atoms with van der Waals surface area (Å²) < 4.78 is 0. The van der Waals surface area contributed by atoms with Gasteiger partial charge in [0.15, 0.2) is 0 Å². The van der Waals surface area contributed by atoms with Crippen LogP contribution in [0, 0.1) is 5.41 Å². The molecule has 0 bridgehead atoms. The molecule has 0 aromatic carbocycles. The van der Waals surface area contributed by atoms with Crippen molar-refractivity contribution in [1.82, 2.24) is 9.80 Å². The minimum Gasteiger partial charge on any atom is -0.320 e. The lowest BCUT2D eigenvalue weighted by molar-refractivity contribution is 0.0808. The SMILES string of the molecule is C=CCN1CC(C)(C)CN(CC=C)C1=O. The number of urea groups is 1. The van der Waals surface area contributed by atoms with Crippen LogP contribution in [0.2, 0.25) is 0 Å². The Kier molecular flexibility index (Phi) is 3.56. The molecule has 0 aromatic rings. The van der Waals surface area contributed by atoms with Crippen LogP contribution in [0.5, 0.6) is 0 Å². The maximum atomic E-state index is 11.9. The molecule has 1 aliphatic heterocycles. The summed E-state index contributed by atoms with van der Waals surface area (Å²) in [5.41, 5.74) is 0.139. The normalized spacial score (nSPS) is 20.3. The van der Waals surface area contributed by atoms with E-state index >= 15 is 0 Å². The van der Waals surface area contributed by atoms with Gasteiger partial charge in [0.1, 0.15) is 0 Å². The summed E-state index contributed by atoms with van der Waals surface area (Å²) in [5, 5.41) is 0. The van der Waals surface area contributed by atoms with Crippen LogP contribution in [-0.4, -0.2) is 42.0 Å². The third-order valence-corrected chi connectivity index (χ3v) is 2.48. The van der Waals surface area contributed by atoms with Crippen molar-refractivity contribution in [2.75, 3.05) is 26.2 Å². The molecule has 1 fully saturated rings. The Balaban J connectivity index is 2.77. The lowest BCUT2D eigenvalue weighted by Crippen LogP contribution is -2.56. The summed E-state index contributed by atoms with van der Waals surface area (Å²) in [7, 11) is 0. The predicted octanol–water partition coefficient (Wildman–Crippen LogP) is 2.12. The van der Waals surface area contributed by atoms with Crippen LogP contribution in [0.1, 0.15) is 13.8 Å². The Morgan fingerprint density at radius 1 is 1.20 bits per heavy atom. The number of carbonyl (C=O) groups is 1. The van der Waals surface area contributed by atoms with Gasteiger partial charge in [0.2, 0.25) is 0 Å². The number of nitrogens with zero attached hydrogens (tertiary/aromatic N) is 2.